The smallest absolute Gasteiger partial charge is 0.299 e. The minimum absolute atomic E-state index is 0.0184. The van der Waals surface area contributed by atoms with Gasteiger partial charge in [0.1, 0.15) is 5.75 Å². The predicted octanol–water partition coefficient (Wildman–Crippen LogP) is 5.66. The van der Waals surface area contributed by atoms with Crippen LogP contribution in [0.15, 0.2) is 89.9 Å². The van der Waals surface area contributed by atoms with Gasteiger partial charge in [-0.2, -0.15) is 9.78 Å². The molecule has 0 radical (unpaired) electrons. The van der Waals surface area contributed by atoms with Crippen LogP contribution in [0.3, 0.4) is 0 Å². The van der Waals surface area contributed by atoms with E-state index in [2.05, 4.69) is 10.4 Å². The summed E-state index contributed by atoms with van der Waals surface area (Å²) in [6.07, 6.45) is 3.50. The maximum absolute atomic E-state index is 13.6. The Labute approximate surface area is 207 Å². The second kappa shape index (κ2) is 10.0. The standard InChI is InChI=1S/C27H23ClN4O3/c28-22-13-4-5-14-23(22)32-27(34)25(24(18-29-32)35-21-11-2-1-3-12-21)30-20-10-8-9-19(17-20)26(33)31-15-6-7-16-31/h1-5,8-14,17-18,30H,6-7,15-16H2. The molecule has 1 aromatic heterocycles. The van der Waals surface area contributed by atoms with Crippen molar-refractivity contribution in [2.75, 3.05) is 18.4 Å². The number of aromatic nitrogens is 2. The van der Waals surface area contributed by atoms with Crippen molar-refractivity contribution >= 4 is 28.9 Å². The molecule has 0 bridgehead atoms. The molecule has 2 heterocycles. The van der Waals surface area contributed by atoms with Gasteiger partial charge in [-0.3, -0.25) is 9.59 Å². The van der Waals surface area contributed by atoms with Crippen LogP contribution in [0.2, 0.25) is 5.02 Å². The van der Waals surface area contributed by atoms with Crippen molar-refractivity contribution in [1.29, 1.82) is 0 Å². The normalized spacial score (nSPS) is 13.0. The highest BCUT2D eigenvalue weighted by Crippen LogP contribution is 2.30. The van der Waals surface area contributed by atoms with Gasteiger partial charge in [0.25, 0.3) is 11.5 Å². The first kappa shape index (κ1) is 22.7. The number of hydrogen-bond donors (Lipinski definition) is 1. The molecule has 3 aromatic carbocycles. The molecule has 1 N–H and O–H groups in total. The van der Waals surface area contributed by atoms with E-state index in [4.69, 9.17) is 16.3 Å². The number of halogens is 1. The predicted molar refractivity (Wildman–Crippen MR) is 136 cm³/mol. The number of nitrogens with one attached hydrogen (secondary N) is 1. The monoisotopic (exact) mass is 486 g/mol. The third-order valence-electron chi connectivity index (χ3n) is 5.77. The van der Waals surface area contributed by atoms with Crippen molar-refractivity contribution < 1.29 is 9.53 Å². The molecule has 7 nitrogen and oxygen atoms in total. The molecule has 0 aliphatic carbocycles. The summed E-state index contributed by atoms with van der Waals surface area (Å²) >= 11 is 6.34. The van der Waals surface area contributed by atoms with E-state index >= 15 is 0 Å². The molecule has 5 rings (SSSR count). The lowest BCUT2D eigenvalue weighted by molar-refractivity contribution is 0.0793. The van der Waals surface area contributed by atoms with Gasteiger partial charge in [-0.25, -0.2) is 0 Å². The highest BCUT2D eigenvalue weighted by molar-refractivity contribution is 6.32. The molecule has 1 saturated heterocycles. The Morgan fingerprint density at radius 1 is 0.943 bits per heavy atom. The first-order valence-electron chi connectivity index (χ1n) is 11.4. The van der Waals surface area contributed by atoms with E-state index in [9.17, 15) is 9.59 Å². The first-order valence-corrected chi connectivity index (χ1v) is 11.7. The average Bonchev–Trinajstić information content (AvgIpc) is 3.42. The van der Waals surface area contributed by atoms with Gasteiger partial charge >= 0.3 is 0 Å². The number of ether oxygens (including phenoxy) is 1. The Morgan fingerprint density at radius 3 is 2.46 bits per heavy atom. The van der Waals surface area contributed by atoms with Gasteiger partial charge in [-0.05, 0) is 55.3 Å². The summed E-state index contributed by atoms with van der Waals surface area (Å²) in [7, 11) is 0. The maximum Gasteiger partial charge on any atom is 0.299 e. The highest BCUT2D eigenvalue weighted by Gasteiger charge is 2.21. The molecule has 4 aromatic rings. The molecule has 176 valence electrons. The largest absolute Gasteiger partial charge is 0.453 e. The molecule has 8 heteroatoms. The molecule has 0 spiro atoms. The number of rotatable bonds is 6. The number of likely N-dealkylation sites (tertiary alicyclic amines) is 1. The zero-order chi connectivity index (χ0) is 24.2. The second-order valence-electron chi connectivity index (χ2n) is 8.17. The van der Waals surface area contributed by atoms with E-state index in [1.807, 2.05) is 23.1 Å². The van der Waals surface area contributed by atoms with Crippen molar-refractivity contribution in [1.82, 2.24) is 14.7 Å². The molecular weight excluding hydrogens is 464 g/mol. The third-order valence-corrected chi connectivity index (χ3v) is 6.09. The van der Waals surface area contributed by atoms with Gasteiger partial charge in [-0.15, -0.1) is 0 Å². The summed E-state index contributed by atoms with van der Waals surface area (Å²) in [6.45, 7) is 1.52. The number of hydrogen-bond acceptors (Lipinski definition) is 5. The number of para-hydroxylation sites is 2. The molecule has 0 saturated carbocycles. The van der Waals surface area contributed by atoms with Crippen molar-refractivity contribution in [2.45, 2.75) is 12.8 Å². The van der Waals surface area contributed by atoms with Crippen LogP contribution in [0.4, 0.5) is 11.4 Å². The van der Waals surface area contributed by atoms with Gasteiger partial charge in [0.15, 0.2) is 11.4 Å². The lowest BCUT2D eigenvalue weighted by Gasteiger charge is -2.17. The summed E-state index contributed by atoms with van der Waals surface area (Å²) < 4.78 is 7.22. The molecule has 35 heavy (non-hydrogen) atoms. The van der Waals surface area contributed by atoms with Crippen LogP contribution in [0.25, 0.3) is 5.69 Å². The van der Waals surface area contributed by atoms with Gasteiger partial charge in [0, 0.05) is 24.3 Å². The number of carbonyl (C=O) groups excluding carboxylic acids is 1. The number of anilines is 2. The van der Waals surface area contributed by atoms with Crippen LogP contribution in [-0.4, -0.2) is 33.7 Å². The topological polar surface area (TPSA) is 76.5 Å². The number of benzene rings is 3. The van der Waals surface area contributed by atoms with Crippen molar-refractivity contribution in [3.8, 4) is 17.2 Å². The van der Waals surface area contributed by atoms with E-state index in [-0.39, 0.29) is 17.3 Å². The Hall–Kier alpha value is -4.10. The van der Waals surface area contributed by atoms with Crippen LogP contribution in [0, 0.1) is 0 Å². The van der Waals surface area contributed by atoms with Crippen LogP contribution in [0.1, 0.15) is 23.2 Å². The lowest BCUT2D eigenvalue weighted by Crippen LogP contribution is -2.27. The minimum atomic E-state index is -0.442. The summed E-state index contributed by atoms with van der Waals surface area (Å²) in [5.74, 6) is 0.793. The molecule has 1 aliphatic rings. The van der Waals surface area contributed by atoms with E-state index in [1.54, 1.807) is 60.7 Å². The molecule has 0 unspecified atom stereocenters. The quantitative estimate of drug-likeness (QED) is 0.380. The Balaban J connectivity index is 1.55. The first-order chi connectivity index (χ1) is 17.1. The van der Waals surface area contributed by atoms with E-state index in [0.29, 0.717) is 27.7 Å². The van der Waals surface area contributed by atoms with Gasteiger partial charge in [0.2, 0.25) is 0 Å². The molecule has 1 amide bonds. The Kier molecular flexibility index (Phi) is 6.50. The fourth-order valence-corrected chi connectivity index (χ4v) is 4.23. The number of carbonyl (C=O) groups is 1. The summed E-state index contributed by atoms with van der Waals surface area (Å²) in [6, 6.07) is 23.2. The van der Waals surface area contributed by atoms with Crippen LogP contribution in [-0.2, 0) is 0 Å². The molecular formula is C27H23ClN4O3. The Bertz CT molecular complexity index is 1420. The summed E-state index contributed by atoms with van der Waals surface area (Å²) in [4.78, 5) is 28.3. The van der Waals surface area contributed by atoms with E-state index in [0.717, 1.165) is 25.9 Å². The fourth-order valence-electron chi connectivity index (χ4n) is 4.02. The van der Waals surface area contributed by atoms with Gasteiger partial charge < -0.3 is 15.0 Å². The summed E-state index contributed by atoms with van der Waals surface area (Å²) in [5.41, 5.74) is 1.33. The molecule has 1 fully saturated rings. The minimum Gasteiger partial charge on any atom is -0.453 e. The number of amides is 1. The fraction of sp³-hybridized carbons (Fsp3) is 0.148. The zero-order valence-electron chi connectivity index (χ0n) is 18.9. The van der Waals surface area contributed by atoms with E-state index in [1.165, 1.54) is 10.9 Å². The Morgan fingerprint density at radius 2 is 1.69 bits per heavy atom. The van der Waals surface area contributed by atoms with Crippen molar-refractivity contribution in [3.05, 3.63) is 106 Å². The van der Waals surface area contributed by atoms with Crippen molar-refractivity contribution in [3.63, 3.8) is 0 Å². The van der Waals surface area contributed by atoms with Crippen LogP contribution >= 0.6 is 11.6 Å². The lowest BCUT2D eigenvalue weighted by atomic mass is 10.1. The SMILES string of the molecule is O=C(c1cccc(Nc2c(Oc3ccccc3)cnn(-c3ccccc3Cl)c2=O)c1)N1CCCC1. The highest BCUT2D eigenvalue weighted by atomic mass is 35.5. The third kappa shape index (κ3) is 4.90. The summed E-state index contributed by atoms with van der Waals surface area (Å²) in [5, 5.41) is 7.86. The van der Waals surface area contributed by atoms with Gasteiger partial charge in [0.05, 0.1) is 16.9 Å². The van der Waals surface area contributed by atoms with Crippen LogP contribution in [0.5, 0.6) is 11.5 Å². The van der Waals surface area contributed by atoms with E-state index < -0.39 is 5.56 Å². The van der Waals surface area contributed by atoms with Crippen LogP contribution < -0.4 is 15.6 Å². The average molecular weight is 487 g/mol. The van der Waals surface area contributed by atoms with Crippen molar-refractivity contribution in [2.24, 2.45) is 0 Å². The molecule has 0 atom stereocenters. The maximum atomic E-state index is 13.6. The molecule has 1 aliphatic heterocycles. The number of nitrogens with zero attached hydrogens (tertiary/aromatic N) is 3. The zero-order valence-corrected chi connectivity index (χ0v) is 19.6. The van der Waals surface area contributed by atoms with Gasteiger partial charge in [-0.1, -0.05) is 48.0 Å². The second-order valence-corrected chi connectivity index (χ2v) is 8.58.